The zero-order valence-electron chi connectivity index (χ0n) is 15.8. The summed E-state index contributed by atoms with van der Waals surface area (Å²) in [4.78, 5) is 10.7. The molecular formula is C15H12F16O2. The Morgan fingerprint density at radius 2 is 1.06 bits per heavy atom. The van der Waals surface area contributed by atoms with Crippen LogP contribution in [-0.4, -0.2) is 54.8 Å². The molecule has 0 aromatic heterocycles. The Balaban J connectivity index is 6.07. The van der Waals surface area contributed by atoms with Gasteiger partial charge in [0.1, 0.15) is 0 Å². The van der Waals surface area contributed by atoms with E-state index in [-0.39, 0.29) is 6.42 Å². The molecule has 33 heavy (non-hydrogen) atoms. The highest BCUT2D eigenvalue weighted by Crippen LogP contribution is 2.63. The fraction of sp³-hybridized carbons (Fsp3) is 0.800. The Morgan fingerprint density at radius 1 is 0.667 bits per heavy atom. The molecule has 0 aliphatic rings. The lowest BCUT2D eigenvalue weighted by molar-refractivity contribution is -0.450. The van der Waals surface area contributed by atoms with E-state index >= 15 is 0 Å². The standard InChI is InChI=1S/C15H12F16O2/c1-33-8(32)6-4-2-3-5-7(16)9(17,18)10(19,20)11(21,22)12(23,24)13(25,26)14(27,28)15(29,30)31/h5H,2-4,6H2,1H3/b7-5-. The summed E-state index contributed by atoms with van der Waals surface area (Å²) in [7, 11) is 0.925. The van der Waals surface area contributed by atoms with Crippen LogP contribution in [0, 0.1) is 0 Å². The summed E-state index contributed by atoms with van der Waals surface area (Å²) in [6.07, 6.45) is -10.5. The zero-order chi connectivity index (χ0) is 26.9. The average Bonchev–Trinajstić information content (AvgIpc) is 2.65. The molecule has 0 amide bonds. The molecule has 0 saturated heterocycles. The second kappa shape index (κ2) is 9.38. The number of ether oxygens (including phenoxy) is 1. The highest BCUT2D eigenvalue weighted by molar-refractivity contribution is 5.68. The molecular weight excluding hydrogens is 516 g/mol. The predicted molar refractivity (Wildman–Crippen MR) is 75.4 cm³/mol. The normalized spacial score (nSPS) is 15.6. The lowest BCUT2D eigenvalue weighted by atomic mass is 9.90. The van der Waals surface area contributed by atoms with Gasteiger partial charge < -0.3 is 4.74 Å². The minimum Gasteiger partial charge on any atom is -0.469 e. The van der Waals surface area contributed by atoms with Crippen LogP contribution in [-0.2, 0) is 9.53 Å². The molecule has 0 unspecified atom stereocenters. The van der Waals surface area contributed by atoms with Crippen LogP contribution in [0.25, 0.3) is 0 Å². The van der Waals surface area contributed by atoms with Crippen LogP contribution < -0.4 is 0 Å². The fourth-order valence-corrected chi connectivity index (χ4v) is 1.99. The number of esters is 1. The second-order valence-electron chi connectivity index (χ2n) is 6.32. The third-order valence-electron chi connectivity index (χ3n) is 4.01. The van der Waals surface area contributed by atoms with Crippen LogP contribution in [0.2, 0.25) is 0 Å². The van der Waals surface area contributed by atoms with Crippen molar-refractivity contribution in [2.24, 2.45) is 0 Å². The molecule has 0 aliphatic heterocycles. The van der Waals surface area contributed by atoms with Crippen molar-refractivity contribution < 1.29 is 79.8 Å². The van der Waals surface area contributed by atoms with Crippen molar-refractivity contribution in [3.8, 4) is 0 Å². The number of carbonyl (C=O) groups excluding carboxylic acids is 1. The zero-order valence-corrected chi connectivity index (χ0v) is 15.8. The monoisotopic (exact) mass is 528 g/mol. The summed E-state index contributed by atoms with van der Waals surface area (Å²) in [5.74, 6) is -52.7. The maximum absolute atomic E-state index is 13.5. The summed E-state index contributed by atoms with van der Waals surface area (Å²) in [6.45, 7) is 0. The predicted octanol–water partition coefficient (Wildman–Crippen LogP) is 6.95. The van der Waals surface area contributed by atoms with E-state index in [4.69, 9.17) is 0 Å². The van der Waals surface area contributed by atoms with Crippen molar-refractivity contribution in [1.82, 2.24) is 0 Å². The van der Waals surface area contributed by atoms with Gasteiger partial charge in [-0.15, -0.1) is 0 Å². The first kappa shape index (κ1) is 31.1. The highest BCUT2D eigenvalue weighted by Gasteiger charge is 2.93. The number of methoxy groups -OCH3 is 1. The number of hydrogen-bond donors (Lipinski definition) is 0. The van der Waals surface area contributed by atoms with Crippen LogP contribution in [0.5, 0.6) is 0 Å². The summed E-state index contributed by atoms with van der Waals surface area (Å²) in [6, 6.07) is 0. The number of halogens is 16. The van der Waals surface area contributed by atoms with Gasteiger partial charge in [-0.2, -0.15) is 65.9 Å². The van der Waals surface area contributed by atoms with Crippen LogP contribution in [0.4, 0.5) is 70.2 Å². The molecule has 0 rings (SSSR count). The van der Waals surface area contributed by atoms with Crippen LogP contribution in [0.1, 0.15) is 25.7 Å². The fourth-order valence-electron chi connectivity index (χ4n) is 1.99. The summed E-state index contributed by atoms with van der Waals surface area (Å²) in [5.41, 5.74) is 0. The van der Waals surface area contributed by atoms with Gasteiger partial charge in [0.05, 0.1) is 7.11 Å². The molecule has 18 heteroatoms. The van der Waals surface area contributed by atoms with Crippen LogP contribution in [0.3, 0.4) is 0 Å². The van der Waals surface area contributed by atoms with Gasteiger partial charge in [-0.25, -0.2) is 4.39 Å². The highest BCUT2D eigenvalue weighted by atomic mass is 19.4. The van der Waals surface area contributed by atoms with E-state index in [0.29, 0.717) is 0 Å². The van der Waals surface area contributed by atoms with E-state index in [2.05, 4.69) is 4.74 Å². The lowest BCUT2D eigenvalue weighted by Crippen LogP contribution is -2.72. The number of hydrogen-bond acceptors (Lipinski definition) is 2. The first-order chi connectivity index (χ1) is 14.4. The Bertz CT molecular complexity index is 722. The van der Waals surface area contributed by atoms with Crippen molar-refractivity contribution in [1.29, 1.82) is 0 Å². The number of allylic oxidation sites excluding steroid dienone is 2. The minimum atomic E-state index is -8.47. The average molecular weight is 528 g/mol. The molecule has 0 heterocycles. The topological polar surface area (TPSA) is 26.3 Å². The quantitative estimate of drug-likeness (QED) is 0.165. The largest absolute Gasteiger partial charge is 0.469 e. The van der Waals surface area contributed by atoms with E-state index in [9.17, 15) is 75.0 Å². The van der Waals surface area contributed by atoms with Crippen molar-refractivity contribution >= 4 is 5.97 Å². The summed E-state index contributed by atoms with van der Waals surface area (Å²) >= 11 is 0. The molecule has 0 aromatic rings. The first-order valence-corrected chi connectivity index (χ1v) is 8.14. The Labute approximate surface area is 173 Å². The minimum absolute atomic E-state index is 0.272. The van der Waals surface area contributed by atoms with Crippen molar-refractivity contribution in [2.75, 3.05) is 7.11 Å². The molecule has 0 fully saturated rings. The molecule has 0 saturated carbocycles. The lowest BCUT2D eigenvalue weighted by Gasteiger charge is -2.41. The number of alkyl halides is 15. The summed E-state index contributed by atoms with van der Waals surface area (Å²) in [5, 5.41) is 0. The molecule has 0 aromatic carbocycles. The van der Waals surface area contributed by atoms with Crippen molar-refractivity contribution in [3.63, 3.8) is 0 Å². The third-order valence-corrected chi connectivity index (χ3v) is 4.01. The Hall–Kier alpha value is -1.91. The maximum atomic E-state index is 13.5. The SMILES string of the molecule is COC(=O)CCCC/C=C(\F)C(F)(F)C(F)(F)C(F)(F)C(F)(F)C(F)(F)C(F)(F)C(F)(F)F. The van der Waals surface area contributed by atoms with Crippen molar-refractivity contribution in [3.05, 3.63) is 11.9 Å². The number of rotatable bonds is 11. The van der Waals surface area contributed by atoms with E-state index < -0.39 is 78.8 Å². The Kier molecular flexibility index (Phi) is 8.84. The molecule has 0 radical (unpaired) electrons. The van der Waals surface area contributed by atoms with Gasteiger partial charge in [-0.3, -0.25) is 4.79 Å². The van der Waals surface area contributed by atoms with E-state index in [0.717, 1.165) is 7.11 Å². The van der Waals surface area contributed by atoms with Crippen LogP contribution in [0.15, 0.2) is 11.9 Å². The van der Waals surface area contributed by atoms with E-state index in [1.165, 1.54) is 0 Å². The molecule has 196 valence electrons. The molecule has 0 atom stereocenters. The van der Waals surface area contributed by atoms with Gasteiger partial charge in [0, 0.05) is 6.42 Å². The van der Waals surface area contributed by atoms with Gasteiger partial charge in [-0.1, -0.05) is 0 Å². The molecule has 0 bridgehead atoms. The molecule has 2 nitrogen and oxygen atoms in total. The van der Waals surface area contributed by atoms with Crippen molar-refractivity contribution in [2.45, 2.75) is 67.4 Å². The smallest absolute Gasteiger partial charge is 0.460 e. The maximum Gasteiger partial charge on any atom is 0.460 e. The van der Waals surface area contributed by atoms with Gasteiger partial charge in [0.15, 0.2) is 5.83 Å². The Morgan fingerprint density at radius 3 is 1.45 bits per heavy atom. The third kappa shape index (κ3) is 5.12. The number of carbonyl (C=O) groups is 1. The number of unbranched alkanes of at least 4 members (excludes halogenated alkanes) is 2. The van der Waals surface area contributed by atoms with Gasteiger partial charge in [0.2, 0.25) is 0 Å². The first-order valence-electron chi connectivity index (χ1n) is 8.14. The van der Waals surface area contributed by atoms with E-state index in [1.54, 1.807) is 0 Å². The molecule has 0 aliphatic carbocycles. The molecule has 0 spiro atoms. The summed E-state index contributed by atoms with van der Waals surface area (Å²) < 4.78 is 212. The van der Waals surface area contributed by atoms with Gasteiger partial charge in [-0.05, 0) is 25.3 Å². The van der Waals surface area contributed by atoms with E-state index in [1.807, 2.05) is 0 Å². The second-order valence-corrected chi connectivity index (χ2v) is 6.32. The molecule has 0 N–H and O–H groups in total. The van der Waals surface area contributed by atoms with Crippen LogP contribution >= 0.6 is 0 Å². The van der Waals surface area contributed by atoms with Gasteiger partial charge >= 0.3 is 47.7 Å². The van der Waals surface area contributed by atoms with Gasteiger partial charge in [0.25, 0.3) is 0 Å².